The van der Waals surface area contributed by atoms with Gasteiger partial charge in [0, 0.05) is 0 Å². The first-order valence-corrected chi connectivity index (χ1v) is 6.41. The summed E-state index contributed by atoms with van der Waals surface area (Å²) in [5.74, 6) is 0.915. The first-order valence-electron chi connectivity index (χ1n) is 4.79. The van der Waals surface area contributed by atoms with Gasteiger partial charge in [-0.3, -0.25) is 0 Å². The molecule has 1 atom stereocenters. The van der Waals surface area contributed by atoms with Crippen LogP contribution in [-0.2, 0) is 9.09 Å². The van der Waals surface area contributed by atoms with E-state index in [2.05, 4.69) is 0 Å². The fourth-order valence-electron chi connectivity index (χ4n) is 0.600. The van der Waals surface area contributed by atoms with Gasteiger partial charge in [0.2, 0.25) is 0 Å². The Morgan fingerprint density at radius 1 is 1.33 bits per heavy atom. The van der Waals surface area contributed by atoms with Crippen LogP contribution < -0.4 is 4.89 Å². The largest absolute Gasteiger partial charge is 0.775 e. The molecule has 0 rings (SSSR count). The summed E-state index contributed by atoms with van der Waals surface area (Å²) in [5, 5.41) is 9.31. The van der Waals surface area contributed by atoms with Crippen LogP contribution in [0.4, 0.5) is 0 Å². The van der Waals surface area contributed by atoms with Gasteiger partial charge in [-0.2, -0.15) is 0 Å². The molecular formula is C10H20O4P-. The molecule has 0 saturated heterocycles. The minimum Gasteiger partial charge on any atom is -0.775 e. The molecule has 5 heteroatoms. The molecule has 90 valence electrons. The van der Waals surface area contributed by atoms with Crippen molar-refractivity contribution in [2.45, 2.75) is 40.2 Å². The monoisotopic (exact) mass is 235 g/mol. The van der Waals surface area contributed by atoms with Gasteiger partial charge >= 0.3 is 0 Å². The topological polar surface area (TPSA) is 69.6 Å². The molecule has 0 heterocycles. The Balaban J connectivity index is 4.33. The summed E-state index contributed by atoms with van der Waals surface area (Å²) in [6.45, 7) is 8.76. The van der Waals surface area contributed by atoms with Gasteiger partial charge in [0.15, 0.2) is 7.60 Å². The molecule has 0 radical (unpaired) electrons. The smallest absolute Gasteiger partial charge is 0.157 e. The Labute approximate surface area is 91.5 Å². The van der Waals surface area contributed by atoms with Crippen molar-refractivity contribution in [2.24, 2.45) is 5.41 Å². The van der Waals surface area contributed by atoms with Crippen LogP contribution in [0.2, 0.25) is 0 Å². The van der Waals surface area contributed by atoms with E-state index < -0.39 is 13.2 Å². The number of hydrogen-bond donors (Lipinski definition) is 1. The molecule has 0 bridgehead atoms. The molecule has 0 aromatic rings. The Morgan fingerprint density at radius 2 is 1.80 bits per heavy atom. The third-order valence-electron chi connectivity index (χ3n) is 1.34. The first-order chi connectivity index (χ1) is 6.41. The molecule has 0 aliphatic carbocycles. The van der Waals surface area contributed by atoms with Gasteiger partial charge in [-0.25, -0.2) is 0 Å². The summed E-state index contributed by atoms with van der Waals surface area (Å²) in [7, 11) is -3.98. The average molecular weight is 235 g/mol. The number of hydrogen-bond acceptors (Lipinski definition) is 4. The molecule has 4 nitrogen and oxygen atoms in total. The zero-order valence-electron chi connectivity index (χ0n) is 9.98. The van der Waals surface area contributed by atoms with Crippen LogP contribution in [0.15, 0.2) is 11.9 Å². The maximum atomic E-state index is 11.3. The molecule has 0 aliphatic rings. The van der Waals surface area contributed by atoms with E-state index in [0.29, 0.717) is 0 Å². The minimum absolute atomic E-state index is 0.129. The van der Waals surface area contributed by atoms with Gasteiger partial charge in [0.25, 0.3) is 0 Å². The van der Waals surface area contributed by atoms with E-state index in [1.165, 1.54) is 19.9 Å². The van der Waals surface area contributed by atoms with Gasteiger partial charge in [-0.15, -0.1) is 0 Å². The van der Waals surface area contributed by atoms with E-state index in [4.69, 9.17) is 4.52 Å². The van der Waals surface area contributed by atoms with Crippen molar-refractivity contribution in [1.82, 2.24) is 0 Å². The van der Waals surface area contributed by atoms with Crippen molar-refractivity contribution >= 4 is 7.60 Å². The molecular weight excluding hydrogens is 215 g/mol. The molecule has 0 saturated carbocycles. The number of rotatable bonds is 4. The lowest BCUT2D eigenvalue weighted by molar-refractivity contribution is -0.196. The summed E-state index contributed by atoms with van der Waals surface area (Å²) in [5.41, 5.74) is -1.35. The van der Waals surface area contributed by atoms with E-state index in [1.807, 2.05) is 20.8 Å². The van der Waals surface area contributed by atoms with Crippen LogP contribution in [0.3, 0.4) is 0 Å². The summed E-state index contributed by atoms with van der Waals surface area (Å²) in [6.07, 6.45) is 1.20. The second kappa shape index (κ2) is 4.79. The molecule has 0 fully saturated rings. The van der Waals surface area contributed by atoms with E-state index >= 15 is 0 Å². The Kier molecular flexibility index (Phi) is 4.74. The predicted molar refractivity (Wildman–Crippen MR) is 58.5 cm³/mol. The first kappa shape index (κ1) is 14.8. The Morgan fingerprint density at radius 3 is 2.13 bits per heavy atom. The second-order valence-corrected chi connectivity index (χ2v) is 6.98. The van der Waals surface area contributed by atoms with Gasteiger partial charge in [0.1, 0.15) is 0 Å². The van der Waals surface area contributed by atoms with Gasteiger partial charge in [-0.05, 0) is 31.2 Å². The normalized spacial score (nSPS) is 18.1. The van der Waals surface area contributed by atoms with Crippen LogP contribution in [0.5, 0.6) is 0 Å². The SMILES string of the molecule is CC(C)(O)/C=C/P(=O)([O-])OCC(C)(C)C. The fraction of sp³-hybridized carbons (Fsp3) is 0.800. The third-order valence-corrected chi connectivity index (χ3v) is 2.35. The van der Waals surface area contributed by atoms with E-state index in [-0.39, 0.29) is 12.0 Å². The zero-order valence-corrected chi connectivity index (χ0v) is 10.9. The zero-order chi connectivity index (χ0) is 12.3. The average Bonchev–Trinajstić information content (AvgIpc) is 1.96. The highest BCUT2D eigenvalue weighted by atomic mass is 31.2. The van der Waals surface area contributed by atoms with Crippen LogP contribution in [0.1, 0.15) is 34.6 Å². The third kappa shape index (κ3) is 10.1. The minimum atomic E-state index is -3.98. The molecule has 1 N–H and O–H groups in total. The molecule has 0 aromatic heterocycles. The van der Waals surface area contributed by atoms with Crippen molar-refractivity contribution in [2.75, 3.05) is 6.61 Å². The quantitative estimate of drug-likeness (QED) is 0.755. The second-order valence-electron chi connectivity index (χ2n) is 5.34. The van der Waals surface area contributed by atoms with Crippen LogP contribution >= 0.6 is 7.60 Å². The lowest BCUT2D eigenvalue weighted by Gasteiger charge is -2.26. The van der Waals surface area contributed by atoms with Gasteiger partial charge < -0.3 is 19.1 Å². The molecule has 1 unspecified atom stereocenters. The molecule has 15 heavy (non-hydrogen) atoms. The molecule has 0 amide bonds. The van der Waals surface area contributed by atoms with Crippen molar-refractivity contribution in [3.8, 4) is 0 Å². The highest BCUT2D eigenvalue weighted by molar-refractivity contribution is 7.54. The van der Waals surface area contributed by atoms with Crippen molar-refractivity contribution in [1.29, 1.82) is 0 Å². The number of aliphatic hydroxyl groups is 1. The summed E-state index contributed by atoms with van der Waals surface area (Å²) >= 11 is 0. The molecule has 0 aliphatic heterocycles. The summed E-state index contributed by atoms with van der Waals surface area (Å²) in [6, 6.07) is 0. The van der Waals surface area contributed by atoms with Crippen molar-refractivity contribution in [3.05, 3.63) is 11.9 Å². The van der Waals surface area contributed by atoms with Crippen LogP contribution in [0.25, 0.3) is 0 Å². The predicted octanol–water partition coefficient (Wildman–Crippen LogP) is 1.89. The Hall–Kier alpha value is -0.150. The maximum Gasteiger partial charge on any atom is 0.157 e. The summed E-state index contributed by atoms with van der Waals surface area (Å²) < 4.78 is 16.1. The van der Waals surface area contributed by atoms with E-state index in [1.54, 1.807) is 0 Å². The van der Waals surface area contributed by atoms with Crippen LogP contribution in [-0.4, -0.2) is 17.3 Å². The van der Waals surface area contributed by atoms with E-state index in [0.717, 1.165) is 5.82 Å². The Bertz CT molecular complexity index is 270. The standard InChI is InChI=1S/C10H21O4P/c1-9(2,3)8-14-15(12,13)7-6-10(4,5)11/h6-7,11H,8H2,1-5H3,(H,12,13)/p-1/b7-6+. The van der Waals surface area contributed by atoms with E-state index in [9.17, 15) is 14.6 Å². The van der Waals surface area contributed by atoms with Gasteiger partial charge in [-0.1, -0.05) is 20.8 Å². The summed E-state index contributed by atoms with van der Waals surface area (Å²) in [4.78, 5) is 11.3. The lowest BCUT2D eigenvalue weighted by Crippen LogP contribution is -2.17. The van der Waals surface area contributed by atoms with Crippen molar-refractivity contribution < 1.29 is 19.1 Å². The highest BCUT2D eigenvalue weighted by Crippen LogP contribution is 2.40. The van der Waals surface area contributed by atoms with Gasteiger partial charge in [0.05, 0.1) is 12.2 Å². The van der Waals surface area contributed by atoms with Crippen molar-refractivity contribution in [3.63, 3.8) is 0 Å². The maximum absolute atomic E-state index is 11.3. The molecule has 0 spiro atoms. The van der Waals surface area contributed by atoms with Crippen LogP contribution in [0, 0.1) is 5.41 Å². The fourth-order valence-corrected chi connectivity index (χ4v) is 1.80. The highest BCUT2D eigenvalue weighted by Gasteiger charge is 2.15. The lowest BCUT2D eigenvalue weighted by atomic mass is 9.99. The molecule has 0 aromatic carbocycles.